The first-order chi connectivity index (χ1) is 18.8. The fourth-order valence-electron chi connectivity index (χ4n) is 5.96. The summed E-state index contributed by atoms with van der Waals surface area (Å²) in [6.45, 7) is 5.99. The molecule has 2 aliphatic rings. The van der Waals surface area contributed by atoms with Crippen LogP contribution in [-0.4, -0.2) is 72.4 Å². The predicted molar refractivity (Wildman–Crippen MR) is 150 cm³/mol. The minimum absolute atomic E-state index is 0.00949. The van der Waals surface area contributed by atoms with Gasteiger partial charge in [0.15, 0.2) is 0 Å². The van der Waals surface area contributed by atoms with Crippen molar-refractivity contribution in [1.82, 2.24) is 15.1 Å². The average molecular weight is 535 g/mol. The highest BCUT2D eigenvalue weighted by Gasteiger charge is 2.52. The van der Waals surface area contributed by atoms with Crippen molar-refractivity contribution in [3.8, 4) is 0 Å². The van der Waals surface area contributed by atoms with E-state index in [0.717, 1.165) is 17.5 Å². The highest BCUT2D eigenvalue weighted by atomic mass is 16.5. The number of hydrogen-bond donors (Lipinski definition) is 2. The number of carbonyl (C=O) groups excluding carboxylic acids is 3. The summed E-state index contributed by atoms with van der Waals surface area (Å²) in [7, 11) is 1.67. The minimum atomic E-state index is -0.605. The number of primary amides is 1. The first-order valence-electron chi connectivity index (χ1n) is 14.1. The maximum Gasteiger partial charge on any atom is 0.245 e. The van der Waals surface area contributed by atoms with Gasteiger partial charge in [-0.2, -0.15) is 0 Å². The number of likely N-dealkylation sites (tertiary alicyclic amines) is 2. The largest absolute Gasteiger partial charge is 0.371 e. The summed E-state index contributed by atoms with van der Waals surface area (Å²) in [4.78, 5) is 43.5. The zero-order valence-electron chi connectivity index (χ0n) is 23.3. The van der Waals surface area contributed by atoms with Gasteiger partial charge in [0.05, 0.1) is 18.8 Å². The normalized spacial score (nSPS) is 22.6. The highest BCUT2D eigenvalue weighted by Crippen LogP contribution is 2.37. The van der Waals surface area contributed by atoms with Crippen LogP contribution in [0.3, 0.4) is 0 Å². The molecular weight excluding hydrogens is 492 g/mol. The van der Waals surface area contributed by atoms with Crippen molar-refractivity contribution in [3.63, 3.8) is 0 Å². The Kier molecular flexibility index (Phi) is 9.75. The highest BCUT2D eigenvalue weighted by molar-refractivity contribution is 5.91. The van der Waals surface area contributed by atoms with Crippen LogP contribution in [0.2, 0.25) is 0 Å². The summed E-state index contributed by atoms with van der Waals surface area (Å²) in [6, 6.07) is 19.0. The molecule has 0 aromatic heterocycles. The Labute approximate surface area is 231 Å². The summed E-state index contributed by atoms with van der Waals surface area (Å²) in [5.41, 5.74) is 7.82. The van der Waals surface area contributed by atoms with Crippen molar-refractivity contribution in [2.24, 2.45) is 23.5 Å². The molecule has 210 valence electrons. The van der Waals surface area contributed by atoms with Gasteiger partial charge in [-0.15, -0.1) is 0 Å². The third-order valence-corrected chi connectivity index (χ3v) is 8.29. The summed E-state index contributed by atoms with van der Waals surface area (Å²) in [5.74, 6) is -1.08. The van der Waals surface area contributed by atoms with Crippen molar-refractivity contribution >= 4 is 17.7 Å². The molecule has 2 saturated heterocycles. The molecule has 2 aliphatic heterocycles. The van der Waals surface area contributed by atoms with Crippen LogP contribution in [0, 0.1) is 17.8 Å². The SMILES string of the molecule is CNC(CC(C(=O)N1CCC2C(OCc3ccccc3)CN(CCc3ccccc3)C(=O)C21)C(C)C)C(N)=O. The Balaban J connectivity index is 1.55. The second-order valence-electron chi connectivity index (χ2n) is 11.1. The third-order valence-electron chi connectivity index (χ3n) is 8.29. The number of amides is 3. The molecule has 2 heterocycles. The molecule has 8 heteroatoms. The molecule has 5 atom stereocenters. The molecule has 4 rings (SSSR count). The molecule has 2 aromatic rings. The number of nitrogens with one attached hydrogen (secondary N) is 1. The van der Waals surface area contributed by atoms with Gasteiger partial charge in [-0.1, -0.05) is 74.5 Å². The number of hydrogen-bond acceptors (Lipinski definition) is 5. The van der Waals surface area contributed by atoms with Gasteiger partial charge in [0, 0.05) is 31.5 Å². The quantitative estimate of drug-likeness (QED) is 0.436. The van der Waals surface area contributed by atoms with E-state index >= 15 is 0 Å². The topological polar surface area (TPSA) is 105 Å². The molecule has 8 nitrogen and oxygen atoms in total. The number of nitrogens with two attached hydrogens (primary N) is 1. The van der Waals surface area contributed by atoms with E-state index in [9.17, 15) is 14.4 Å². The molecule has 0 spiro atoms. The lowest BCUT2D eigenvalue weighted by atomic mass is 9.85. The lowest BCUT2D eigenvalue weighted by molar-refractivity contribution is -0.157. The number of carbonyl (C=O) groups is 3. The lowest BCUT2D eigenvalue weighted by Crippen LogP contribution is -2.60. The molecule has 2 aromatic carbocycles. The van der Waals surface area contributed by atoms with E-state index in [2.05, 4.69) is 17.4 Å². The van der Waals surface area contributed by atoms with Crippen LogP contribution in [0.25, 0.3) is 0 Å². The van der Waals surface area contributed by atoms with E-state index in [1.807, 2.05) is 67.3 Å². The first kappa shape index (κ1) is 28.8. The van der Waals surface area contributed by atoms with Crippen molar-refractivity contribution in [3.05, 3.63) is 71.8 Å². The van der Waals surface area contributed by atoms with Gasteiger partial charge in [0.2, 0.25) is 17.7 Å². The second-order valence-corrected chi connectivity index (χ2v) is 11.1. The molecule has 0 radical (unpaired) electrons. The predicted octanol–water partition coefficient (Wildman–Crippen LogP) is 2.61. The molecule has 0 bridgehead atoms. The van der Waals surface area contributed by atoms with Crippen LogP contribution < -0.4 is 11.1 Å². The van der Waals surface area contributed by atoms with E-state index in [0.29, 0.717) is 39.1 Å². The van der Waals surface area contributed by atoms with Gasteiger partial charge in [-0.25, -0.2) is 0 Å². The second kappa shape index (κ2) is 13.2. The van der Waals surface area contributed by atoms with Crippen molar-refractivity contribution in [2.45, 2.75) is 57.9 Å². The Hall–Kier alpha value is -3.23. The molecule has 3 amide bonds. The molecule has 5 unspecified atom stereocenters. The Morgan fingerprint density at radius 2 is 1.69 bits per heavy atom. The van der Waals surface area contributed by atoms with Gasteiger partial charge >= 0.3 is 0 Å². The lowest BCUT2D eigenvalue weighted by Gasteiger charge is -2.43. The molecular formula is C31H42N4O4. The number of benzene rings is 2. The van der Waals surface area contributed by atoms with Gasteiger partial charge in [0.1, 0.15) is 6.04 Å². The van der Waals surface area contributed by atoms with E-state index in [4.69, 9.17) is 10.5 Å². The third kappa shape index (κ3) is 6.86. The zero-order chi connectivity index (χ0) is 27.9. The fraction of sp³-hybridized carbons (Fsp3) is 0.516. The maximum atomic E-state index is 14.0. The van der Waals surface area contributed by atoms with E-state index in [1.54, 1.807) is 11.9 Å². The van der Waals surface area contributed by atoms with Gasteiger partial charge in [-0.05, 0) is 43.4 Å². The Bertz CT molecular complexity index is 1110. The van der Waals surface area contributed by atoms with Crippen LogP contribution in [0.15, 0.2) is 60.7 Å². The average Bonchev–Trinajstić information content (AvgIpc) is 3.39. The van der Waals surface area contributed by atoms with Crippen LogP contribution in [0.5, 0.6) is 0 Å². The number of fused-ring (bicyclic) bond motifs is 1. The minimum Gasteiger partial charge on any atom is -0.371 e. The molecule has 0 aliphatic carbocycles. The van der Waals surface area contributed by atoms with E-state index in [1.165, 1.54) is 0 Å². The Morgan fingerprint density at radius 1 is 1.05 bits per heavy atom. The fourth-order valence-corrected chi connectivity index (χ4v) is 5.96. The van der Waals surface area contributed by atoms with Crippen molar-refractivity contribution < 1.29 is 19.1 Å². The van der Waals surface area contributed by atoms with Crippen molar-refractivity contribution in [2.75, 3.05) is 26.7 Å². The number of likely N-dealkylation sites (N-methyl/N-ethyl adjacent to an activating group) is 1. The number of ether oxygens (including phenoxy) is 1. The molecule has 0 saturated carbocycles. The van der Waals surface area contributed by atoms with Crippen LogP contribution >= 0.6 is 0 Å². The van der Waals surface area contributed by atoms with E-state index < -0.39 is 23.9 Å². The number of nitrogens with zero attached hydrogens (tertiary/aromatic N) is 2. The molecule has 2 fully saturated rings. The maximum absolute atomic E-state index is 14.0. The van der Waals surface area contributed by atoms with Crippen LogP contribution in [-0.2, 0) is 32.1 Å². The van der Waals surface area contributed by atoms with E-state index in [-0.39, 0.29) is 29.8 Å². The van der Waals surface area contributed by atoms with Crippen LogP contribution in [0.1, 0.15) is 37.8 Å². The number of piperidine rings is 1. The monoisotopic (exact) mass is 534 g/mol. The molecule has 39 heavy (non-hydrogen) atoms. The van der Waals surface area contributed by atoms with Crippen LogP contribution in [0.4, 0.5) is 0 Å². The standard InChI is InChI=1S/C31H42N4O4/c1-21(2)25(18-26(33-3)29(32)36)30(37)35-17-15-24-27(39-20-23-12-8-5-9-13-23)19-34(31(38)28(24)35)16-14-22-10-6-4-7-11-22/h4-13,21,24-28,33H,14-20H2,1-3H3,(H2,32,36). The summed E-state index contributed by atoms with van der Waals surface area (Å²) >= 11 is 0. The van der Waals surface area contributed by atoms with Crippen molar-refractivity contribution in [1.29, 1.82) is 0 Å². The summed E-state index contributed by atoms with van der Waals surface area (Å²) < 4.78 is 6.46. The van der Waals surface area contributed by atoms with Gasteiger partial charge < -0.3 is 25.6 Å². The summed E-state index contributed by atoms with van der Waals surface area (Å²) in [6.07, 6.45) is 1.58. The Morgan fingerprint density at radius 3 is 2.28 bits per heavy atom. The van der Waals surface area contributed by atoms with Gasteiger partial charge in [0.25, 0.3) is 0 Å². The van der Waals surface area contributed by atoms with Gasteiger partial charge in [-0.3, -0.25) is 14.4 Å². The smallest absolute Gasteiger partial charge is 0.245 e. The zero-order valence-corrected chi connectivity index (χ0v) is 23.3. The molecule has 3 N–H and O–H groups in total. The first-order valence-corrected chi connectivity index (χ1v) is 14.1. The summed E-state index contributed by atoms with van der Waals surface area (Å²) in [5, 5.41) is 2.94. The number of rotatable bonds is 12.